The van der Waals surface area contributed by atoms with Gasteiger partial charge in [0.15, 0.2) is 0 Å². The van der Waals surface area contributed by atoms with E-state index in [-0.39, 0.29) is 5.92 Å². The zero-order chi connectivity index (χ0) is 17.1. The second-order valence-electron chi connectivity index (χ2n) is 6.14. The third kappa shape index (κ3) is 3.45. The molecule has 5 heteroatoms. The number of nitrogens with one attached hydrogen (secondary N) is 1. The first-order valence-electron chi connectivity index (χ1n) is 8.08. The topological polar surface area (TPSA) is 61.8 Å². The lowest BCUT2D eigenvalue weighted by Gasteiger charge is -2.28. The van der Waals surface area contributed by atoms with Crippen LogP contribution < -0.4 is 15.0 Å². The molecule has 3 rings (SSSR count). The molecule has 0 unspecified atom stereocenters. The summed E-state index contributed by atoms with van der Waals surface area (Å²) in [5, 5.41) is 11.3. The van der Waals surface area contributed by atoms with E-state index in [1.807, 2.05) is 19.2 Å². The molecule has 2 aromatic rings. The zero-order valence-corrected chi connectivity index (χ0v) is 14.0. The number of hydrogen-bond donors (Lipinski definition) is 2. The summed E-state index contributed by atoms with van der Waals surface area (Å²) in [4.78, 5) is 12.8. The maximum atomic E-state index is 10.7. The summed E-state index contributed by atoms with van der Waals surface area (Å²) in [5.74, 6) is 0.999. The molecule has 0 saturated heterocycles. The fraction of sp³-hybridized carbons (Fsp3) is 0.316. The molecule has 1 amide bonds. The van der Waals surface area contributed by atoms with Crippen molar-refractivity contribution in [1.29, 1.82) is 0 Å². The van der Waals surface area contributed by atoms with Crippen molar-refractivity contribution in [3.8, 4) is 5.75 Å². The third-order valence-corrected chi connectivity index (χ3v) is 4.47. The van der Waals surface area contributed by atoms with E-state index in [9.17, 15) is 4.79 Å². The number of fused-ring (bicyclic) bond motifs is 1. The number of carboxylic acid groups (broad SMARTS) is 1. The lowest BCUT2D eigenvalue weighted by atomic mass is 9.92. The Bertz CT molecular complexity index is 728. The van der Waals surface area contributed by atoms with Crippen molar-refractivity contribution in [2.75, 3.05) is 25.1 Å². The highest BCUT2D eigenvalue weighted by atomic mass is 16.5. The normalized spacial score (nSPS) is 16.0. The number of aryl methyl sites for hydroxylation is 1. The van der Waals surface area contributed by atoms with Gasteiger partial charge in [-0.3, -0.25) is 0 Å². The summed E-state index contributed by atoms with van der Waals surface area (Å²) in [5.41, 5.74) is 4.45. The molecule has 1 aliphatic rings. The second-order valence-corrected chi connectivity index (χ2v) is 6.14. The maximum absolute atomic E-state index is 10.7. The first-order valence-corrected chi connectivity index (χ1v) is 8.08. The Morgan fingerprint density at radius 3 is 2.67 bits per heavy atom. The number of ether oxygens (including phenoxy) is 1. The van der Waals surface area contributed by atoms with Gasteiger partial charge in [-0.05, 0) is 37.1 Å². The SMILES string of the molecule is Cc1ccc(N(C)c2ccc3c(c2)OCC[C@H]3CNC(=O)O)cc1. The number of rotatable bonds is 4. The van der Waals surface area contributed by atoms with Gasteiger partial charge in [-0.15, -0.1) is 0 Å². The Labute approximate surface area is 141 Å². The van der Waals surface area contributed by atoms with E-state index in [1.165, 1.54) is 5.56 Å². The van der Waals surface area contributed by atoms with Gasteiger partial charge >= 0.3 is 6.09 Å². The monoisotopic (exact) mass is 326 g/mol. The number of benzene rings is 2. The molecule has 0 spiro atoms. The molecule has 0 aromatic heterocycles. The van der Waals surface area contributed by atoms with Crippen LogP contribution in [0.5, 0.6) is 5.75 Å². The van der Waals surface area contributed by atoms with Gasteiger partial charge in [0.2, 0.25) is 0 Å². The zero-order valence-electron chi connectivity index (χ0n) is 14.0. The molecule has 24 heavy (non-hydrogen) atoms. The summed E-state index contributed by atoms with van der Waals surface area (Å²) >= 11 is 0. The number of carbonyl (C=O) groups is 1. The second kappa shape index (κ2) is 6.83. The fourth-order valence-corrected chi connectivity index (χ4v) is 3.00. The average Bonchev–Trinajstić information content (AvgIpc) is 2.59. The Morgan fingerprint density at radius 2 is 1.96 bits per heavy atom. The quantitative estimate of drug-likeness (QED) is 0.894. The van der Waals surface area contributed by atoms with Gasteiger partial charge in [-0.1, -0.05) is 23.8 Å². The van der Waals surface area contributed by atoms with Gasteiger partial charge in [0, 0.05) is 37.0 Å². The minimum Gasteiger partial charge on any atom is -0.493 e. The van der Waals surface area contributed by atoms with E-state index < -0.39 is 6.09 Å². The molecule has 1 atom stereocenters. The molecule has 0 saturated carbocycles. The van der Waals surface area contributed by atoms with Crippen molar-refractivity contribution < 1.29 is 14.6 Å². The number of hydrogen-bond acceptors (Lipinski definition) is 3. The largest absolute Gasteiger partial charge is 0.493 e. The predicted octanol–water partition coefficient (Wildman–Crippen LogP) is 3.90. The predicted molar refractivity (Wildman–Crippen MR) is 94.6 cm³/mol. The van der Waals surface area contributed by atoms with Crippen LogP contribution in [-0.2, 0) is 0 Å². The summed E-state index contributed by atoms with van der Waals surface area (Å²) in [6, 6.07) is 14.5. The minimum absolute atomic E-state index is 0.156. The first-order chi connectivity index (χ1) is 11.5. The van der Waals surface area contributed by atoms with E-state index in [0.29, 0.717) is 13.2 Å². The Balaban J connectivity index is 1.82. The highest BCUT2D eigenvalue weighted by Crippen LogP contribution is 2.37. The lowest BCUT2D eigenvalue weighted by Crippen LogP contribution is -2.29. The molecule has 1 aliphatic heterocycles. The van der Waals surface area contributed by atoms with Gasteiger partial charge in [0.25, 0.3) is 0 Å². The van der Waals surface area contributed by atoms with Crippen molar-refractivity contribution in [1.82, 2.24) is 5.32 Å². The van der Waals surface area contributed by atoms with E-state index in [2.05, 4.69) is 47.5 Å². The third-order valence-electron chi connectivity index (χ3n) is 4.47. The molecule has 1 heterocycles. The molecule has 126 valence electrons. The van der Waals surface area contributed by atoms with E-state index in [4.69, 9.17) is 9.84 Å². The molecule has 5 nitrogen and oxygen atoms in total. The van der Waals surface area contributed by atoms with E-state index in [1.54, 1.807) is 0 Å². The summed E-state index contributed by atoms with van der Waals surface area (Å²) in [7, 11) is 2.03. The van der Waals surface area contributed by atoms with Crippen LogP contribution in [0.15, 0.2) is 42.5 Å². The fourth-order valence-electron chi connectivity index (χ4n) is 3.00. The molecule has 0 fully saturated rings. The van der Waals surface area contributed by atoms with Crippen molar-refractivity contribution >= 4 is 17.5 Å². The Kier molecular flexibility index (Phi) is 4.60. The highest BCUT2D eigenvalue weighted by molar-refractivity contribution is 5.66. The number of anilines is 2. The van der Waals surface area contributed by atoms with Crippen LogP contribution in [0.2, 0.25) is 0 Å². The molecular weight excluding hydrogens is 304 g/mol. The van der Waals surface area contributed by atoms with Crippen LogP contribution in [0.3, 0.4) is 0 Å². The minimum atomic E-state index is -0.987. The molecule has 0 aliphatic carbocycles. The molecule has 0 bridgehead atoms. The smallest absolute Gasteiger partial charge is 0.404 e. The van der Waals surface area contributed by atoms with Gasteiger partial charge in [-0.25, -0.2) is 4.79 Å². The standard InChI is InChI=1S/C19H22N2O3/c1-13-3-5-15(6-4-13)21(2)16-7-8-17-14(12-20-19(22)23)9-10-24-18(17)11-16/h3-8,11,14,20H,9-10,12H2,1-2H3,(H,22,23)/t14-/m0/s1. The van der Waals surface area contributed by atoms with Gasteiger partial charge in [0.1, 0.15) is 5.75 Å². The van der Waals surface area contributed by atoms with Crippen molar-refractivity contribution in [2.24, 2.45) is 0 Å². The summed E-state index contributed by atoms with van der Waals surface area (Å²) in [6.07, 6.45) is -0.167. The summed E-state index contributed by atoms with van der Waals surface area (Å²) in [6.45, 7) is 3.09. The van der Waals surface area contributed by atoms with Crippen LogP contribution in [0.1, 0.15) is 23.5 Å². The lowest BCUT2D eigenvalue weighted by molar-refractivity contribution is 0.191. The van der Waals surface area contributed by atoms with Gasteiger partial charge in [-0.2, -0.15) is 0 Å². The van der Waals surface area contributed by atoms with E-state index >= 15 is 0 Å². The molecular formula is C19H22N2O3. The van der Waals surface area contributed by atoms with Crippen LogP contribution >= 0.6 is 0 Å². The average molecular weight is 326 g/mol. The maximum Gasteiger partial charge on any atom is 0.404 e. The highest BCUT2D eigenvalue weighted by Gasteiger charge is 2.22. The van der Waals surface area contributed by atoms with Gasteiger partial charge in [0.05, 0.1) is 6.61 Å². The number of nitrogens with zero attached hydrogens (tertiary/aromatic N) is 1. The van der Waals surface area contributed by atoms with Crippen molar-refractivity contribution in [3.05, 3.63) is 53.6 Å². The molecule has 2 aromatic carbocycles. The number of amides is 1. The van der Waals surface area contributed by atoms with Crippen LogP contribution in [0.25, 0.3) is 0 Å². The van der Waals surface area contributed by atoms with Crippen LogP contribution in [-0.4, -0.2) is 31.4 Å². The first kappa shape index (κ1) is 16.2. The van der Waals surface area contributed by atoms with Crippen molar-refractivity contribution in [2.45, 2.75) is 19.3 Å². The van der Waals surface area contributed by atoms with Crippen molar-refractivity contribution in [3.63, 3.8) is 0 Å². The Hall–Kier alpha value is -2.69. The van der Waals surface area contributed by atoms with Gasteiger partial charge < -0.3 is 20.1 Å². The Morgan fingerprint density at radius 1 is 1.25 bits per heavy atom. The van der Waals surface area contributed by atoms with Crippen LogP contribution in [0, 0.1) is 6.92 Å². The van der Waals surface area contributed by atoms with E-state index in [0.717, 1.165) is 29.1 Å². The molecule has 2 N–H and O–H groups in total. The van der Waals surface area contributed by atoms with Crippen LogP contribution in [0.4, 0.5) is 16.2 Å². The molecule has 0 radical (unpaired) electrons. The summed E-state index contributed by atoms with van der Waals surface area (Å²) < 4.78 is 5.80.